The molecule has 5 nitrogen and oxygen atoms in total. The van der Waals surface area contributed by atoms with Gasteiger partial charge in [-0.3, -0.25) is 9.89 Å². The van der Waals surface area contributed by atoms with Gasteiger partial charge in [0.25, 0.3) is 5.91 Å². The van der Waals surface area contributed by atoms with Gasteiger partial charge in [0.2, 0.25) is 0 Å². The monoisotopic (exact) mass is 237 g/mol. The third kappa shape index (κ3) is 2.34. The molecule has 0 saturated carbocycles. The van der Waals surface area contributed by atoms with Crippen LogP contribution in [0.25, 0.3) is 0 Å². The van der Waals surface area contributed by atoms with E-state index < -0.39 is 0 Å². The first-order valence-corrected chi connectivity index (χ1v) is 6.05. The fourth-order valence-corrected chi connectivity index (χ4v) is 2.42. The van der Waals surface area contributed by atoms with Gasteiger partial charge in [-0.25, -0.2) is 0 Å². The molecule has 2 N–H and O–H groups in total. The minimum absolute atomic E-state index is 0.0342. The summed E-state index contributed by atoms with van der Waals surface area (Å²) in [5.41, 5.74) is 2.25. The topological polar surface area (TPSA) is 69.2 Å². The highest BCUT2D eigenvalue weighted by molar-refractivity contribution is 5.96. The van der Waals surface area contributed by atoms with Gasteiger partial charge in [0.05, 0.1) is 11.3 Å². The Balaban J connectivity index is 2.15. The van der Waals surface area contributed by atoms with E-state index in [9.17, 15) is 9.90 Å². The lowest BCUT2D eigenvalue weighted by Crippen LogP contribution is -2.41. The zero-order chi connectivity index (χ0) is 12.4. The Bertz CT molecular complexity index is 394. The molecule has 1 aliphatic heterocycles. The molecule has 1 fully saturated rings. The number of likely N-dealkylation sites (tertiary alicyclic amines) is 1. The maximum atomic E-state index is 12.3. The highest BCUT2D eigenvalue weighted by Gasteiger charge is 2.26. The SMILES string of the molecule is Cc1n[nH]c(C)c1C(=O)N1CCCC(CO)C1. The summed E-state index contributed by atoms with van der Waals surface area (Å²) in [7, 11) is 0. The summed E-state index contributed by atoms with van der Waals surface area (Å²) in [6, 6.07) is 0. The maximum Gasteiger partial charge on any atom is 0.257 e. The van der Waals surface area contributed by atoms with Crippen molar-refractivity contribution >= 4 is 5.91 Å². The van der Waals surface area contributed by atoms with Crippen molar-refractivity contribution in [2.75, 3.05) is 19.7 Å². The lowest BCUT2D eigenvalue weighted by molar-refractivity contribution is 0.0619. The number of aryl methyl sites for hydroxylation is 2. The second-order valence-corrected chi connectivity index (χ2v) is 4.75. The Morgan fingerprint density at radius 3 is 2.94 bits per heavy atom. The quantitative estimate of drug-likeness (QED) is 0.802. The second kappa shape index (κ2) is 4.87. The molecule has 1 atom stereocenters. The third-order valence-electron chi connectivity index (χ3n) is 3.41. The van der Waals surface area contributed by atoms with E-state index in [1.54, 1.807) is 0 Å². The van der Waals surface area contributed by atoms with E-state index in [1.165, 1.54) is 0 Å². The molecule has 2 rings (SSSR count). The molecule has 94 valence electrons. The predicted molar refractivity (Wildman–Crippen MR) is 63.8 cm³/mol. The summed E-state index contributed by atoms with van der Waals surface area (Å²) in [5.74, 6) is 0.257. The van der Waals surface area contributed by atoms with Gasteiger partial charge in [0, 0.05) is 25.4 Å². The number of nitrogens with one attached hydrogen (secondary N) is 1. The number of aliphatic hydroxyl groups excluding tert-OH is 1. The highest BCUT2D eigenvalue weighted by atomic mass is 16.3. The van der Waals surface area contributed by atoms with Crippen molar-refractivity contribution in [2.45, 2.75) is 26.7 Å². The van der Waals surface area contributed by atoms with E-state index in [0.29, 0.717) is 12.1 Å². The lowest BCUT2D eigenvalue weighted by atomic mass is 9.98. The number of aromatic amines is 1. The Kier molecular flexibility index (Phi) is 3.47. The van der Waals surface area contributed by atoms with Crippen LogP contribution in [0.2, 0.25) is 0 Å². The molecule has 1 aromatic heterocycles. The van der Waals surface area contributed by atoms with Gasteiger partial charge in [-0.15, -0.1) is 0 Å². The van der Waals surface area contributed by atoms with Crippen LogP contribution in [0.15, 0.2) is 0 Å². The van der Waals surface area contributed by atoms with Gasteiger partial charge in [-0.2, -0.15) is 5.10 Å². The molecule has 0 radical (unpaired) electrons. The summed E-state index contributed by atoms with van der Waals surface area (Å²) in [4.78, 5) is 14.2. The summed E-state index contributed by atoms with van der Waals surface area (Å²) in [6.07, 6.45) is 1.97. The van der Waals surface area contributed by atoms with Crippen LogP contribution in [0.1, 0.15) is 34.6 Å². The van der Waals surface area contributed by atoms with Gasteiger partial charge in [0.1, 0.15) is 0 Å². The van der Waals surface area contributed by atoms with Gasteiger partial charge >= 0.3 is 0 Å². The van der Waals surface area contributed by atoms with Crippen LogP contribution in [0, 0.1) is 19.8 Å². The first kappa shape index (κ1) is 12.1. The Morgan fingerprint density at radius 1 is 1.59 bits per heavy atom. The summed E-state index contributed by atoms with van der Waals surface area (Å²) in [5, 5.41) is 16.1. The van der Waals surface area contributed by atoms with E-state index >= 15 is 0 Å². The molecule has 17 heavy (non-hydrogen) atoms. The fraction of sp³-hybridized carbons (Fsp3) is 0.667. The number of carbonyl (C=O) groups is 1. The van der Waals surface area contributed by atoms with Crippen molar-refractivity contribution in [3.63, 3.8) is 0 Å². The molecular weight excluding hydrogens is 218 g/mol. The van der Waals surface area contributed by atoms with Crippen molar-refractivity contribution < 1.29 is 9.90 Å². The van der Waals surface area contributed by atoms with Gasteiger partial charge in [-0.05, 0) is 32.6 Å². The summed E-state index contributed by atoms with van der Waals surface area (Å²) in [6.45, 7) is 5.29. The molecule has 1 aliphatic rings. The van der Waals surface area contributed by atoms with Crippen LogP contribution >= 0.6 is 0 Å². The molecule has 0 bridgehead atoms. The van der Waals surface area contributed by atoms with Crippen LogP contribution in [0.5, 0.6) is 0 Å². The molecule has 2 heterocycles. The fourth-order valence-electron chi connectivity index (χ4n) is 2.42. The van der Waals surface area contributed by atoms with Crippen LogP contribution in [0.3, 0.4) is 0 Å². The van der Waals surface area contributed by atoms with Crippen LogP contribution in [-0.2, 0) is 0 Å². The number of rotatable bonds is 2. The number of hydrogen-bond donors (Lipinski definition) is 2. The average molecular weight is 237 g/mol. The van der Waals surface area contributed by atoms with E-state index in [4.69, 9.17) is 0 Å². The van der Waals surface area contributed by atoms with E-state index in [2.05, 4.69) is 10.2 Å². The first-order chi connectivity index (χ1) is 8.13. The standard InChI is InChI=1S/C12H19N3O2/c1-8-11(9(2)14-13-8)12(17)15-5-3-4-10(6-15)7-16/h10,16H,3-7H2,1-2H3,(H,13,14). The highest BCUT2D eigenvalue weighted by Crippen LogP contribution is 2.20. The molecule has 5 heteroatoms. The predicted octanol–water partition coefficient (Wildman–Crippen LogP) is 0.871. The molecule has 1 amide bonds. The largest absolute Gasteiger partial charge is 0.396 e. The molecule has 0 aliphatic carbocycles. The molecule has 1 unspecified atom stereocenters. The third-order valence-corrected chi connectivity index (χ3v) is 3.41. The Hall–Kier alpha value is -1.36. The number of hydrogen-bond acceptors (Lipinski definition) is 3. The molecule has 0 spiro atoms. The van der Waals surface area contributed by atoms with Crippen molar-refractivity contribution in [1.82, 2.24) is 15.1 Å². The van der Waals surface area contributed by atoms with Gasteiger partial charge in [0.15, 0.2) is 0 Å². The number of H-pyrrole nitrogens is 1. The molecule has 1 aromatic rings. The number of nitrogens with zero attached hydrogens (tertiary/aromatic N) is 2. The number of piperidine rings is 1. The Labute approximate surface area is 101 Å². The smallest absolute Gasteiger partial charge is 0.257 e. The number of carbonyl (C=O) groups excluding carboxylic acids is 1. The van der Waals surface area contributed by atoms with Gasteiger partial charge in [-0.1, -0.05) is 0 Å². The molecular formula is C12H19N3O2. The molecule has 1 saturated heterocycles. The number of aromatic nitrogens is 2. The average Bonchev–Trinajstić information content (AvgIpc) is 2.68. The maximum absolute atomic E-state index is 12.3. The van der Waals surface area contributed by atoms with E-state index in [0.717, 1.165) is 30.8 Å². The van der Waals surface area contributed by atoms with Gasteiger partial charge < -0.3 is 10.0 Å². The van der Waals surface area contributed by atoms with Crippen molar-refractivity contribution in [2.24, 2.45) is 5.92 Å². The Morgan fingerprint density at radius 2 is 2.35 bits per heavy atom. The van der Waals surface area contributed by atoms with E-state index in [1.807, 2.05) is 18.7 Å². The van der Waals surface area contributed by atoms with Crippen LogP contribution < -0.4 is 0 Å². The van der Waals surface area contributed by atoms with Crippen molar-refractivity contribution in [1.29, 1.82) is 0 Å². The zero-order valence-corrected chi connectivity index (χ0v) is 10.4. The second-order valence-electron chi connectivity index (χ2n) is 4.75. The number of amides is 1. The minimum Gasteiger partial charge on any atom is -0.396 e. The van der Waals surface area contributed by atoms with E-state index in [-0.39, 0.29) is 18.4 Å². The normalized spacial score (nSPS) is 20.6. The zero-order valence-electron chi connectivity index (χ0n) is 10.4. The number of aliphatic hydroxyl groups is 1. The van der Waals surface area contributed by atoms with Crippen LogP contribution in [0.4, 0.5) is 0 Å². The van der Waals surface area contributed by atoms with Crippen molar-refractivity contribution in [3.8, 4) is 0 Å². The minimum atomic E-state index is 0.0342. The molecule has 0 aromatic carbocycles. The van der Waals surface area contributed by atoms with Crippen molar-refractivity contribution in [3.05, 3.63) is 17.0 Å². The van der Waals surface area contributed by atoms with Crippen LogP contribution in [-0.4, -0.2) is 45.8 Å². The summed E-state index contributed by atoms with van der Waals surface area (Å²) >= 11 is 0. The summed E-state index contributed by atoms with van der Waals surface area (Å²) < 4.78 is 0. The first-order valence-electron chi connectivity index (χ1n) is 6.05. The lowest BCUT2D eigenvalue weighted by Gasteiger charge is -2.31.